The standard InChI is InChI=1S/C60H74N4O13/c1-3-5-6-7-8-9-10-11-12-22-57(67)62(39-43-25-29-54-55(34-43)73-41-72-54)56-38-52(61-75-40-42-23-26-45(27-24-42)63(68)69)50-35-44(18-13-15-31-65)49(21-14-16-32-66)58-51-37-48(76-47-20-17-19-46(36-47)64(70)71)28-30-53(51)77-60(56,59(50)58)74-33-4-2/h4,17,19-20,23-30,34-37,44,49,56,58-59,65-66H,2-3,5-16,18,21-22,31-33,38-41H2,1H3. The fourth-order valence-electron chi connectivity index (χ4n) is 11.7. The Morgan fingerprint density at radius 1 is 0.792 bits per heavy atom. The lowest BCUT2D eigenvalue weighted by atomic mass is 9.55. The monoisotopic (exact) mass is 1060 g/mol. The zero-order valence-electron chi connectivity index (χ0n) is 44.3. The number of carbonyl (C=O) groups is 1. The quantitative estimate of drug-likeness (QED) is 0.0208. The van der Waals surface area contributed by atoms with Crippen LogP contribution in [0.4, 0.5) is 11.4 Å². The summed E-state index contributed by atoms with van der Waals surface area (Å²) in [6.45, 7) is 6.69. The first-order valence-corrected chi connectivity index (χ1v) is 27.6. The molecule has 2 aliphatic heterocycles. The number of non-ortho nitro benzene ring substituents is 2. The van der Waals surface area contributed by atoms with Gasteiger partial charge in [0.2, 0.25) is 18.5 Å². The molecule has 2 N–H and O–H groups in total. The van der Waals surface area contributed by atoms with Crippen molar-refractivity contribution in [2.75, 3.05) is 26.6 Å². The number of nitro benzene ring substituents is 2. The number of allylic oxidation sites excluding steroid dienone is 1. The molecule has 1 saturated carbocycles. The van der Waals surface area contributed by atoms with Gasteiger partial charge in [-0.1, -0.05) is 101 Å². The molecule has 0 radical (unpaired) electrons. The lowest BCUT2D eigenvalue weighted by Crippen LogP contribution is -2.70. The molecule has 17 heteroatoms. The van der Waals surface area contributed by atoms with Crippen LogP contribution in [0.15, 0.2) is 114 Å². The van der Waals surface area contributed by atoms with E-state index in [0.29, 0.717) is 66.4 Å². The average Bonchev–Trinajstić information content (AvgIpc) is 4.06. The van der Waals surface area contributed by atoms with E-state index in [1.165, 1.54) is 56.4 Å². The molecule has 412 valence electrons. The highest BCUT2D eigenvalue weighted by Crippen LogP contribution is 2.62. The van der Waals surface area contributed by atoms with Crippen molar-refractivity contribution in [1.82, 2.24) is 4.90 Å². The number of aliphatic hydroxyl groups excluding tert-OH is 2. The van der Waals surface area contributed by atoms with Gasteiger partial charge in [0.15, 0.2) is 11.5 Å². The minimum absolute atomic E-state index is 0.00544. The Hall–Kier alpha value is -6.82. The second-order valence-corrected chi connectivity index (χ2v) is 20.6. The van der Waals surface area contributed by atoms with Crippen molar-refractivity contribution >= 4 is 23.0 Å². The third kappa shape index (κ3) is 13.8. The Morgan fingerprint density at radius 2 is 1.48 bits per heavy atom. The van der Waals surface area contributed by atoms with Crippen LogP contribution in [-0.4, -0.2) is 75.0 Å². The summed E-state index contributed by atoms with van der Waals surface area (Å²) in [5.74, 6) is -0.341. The summed E-state index contributed by atoms with van der Waals surface area (Å²) in [6, 6.07) is 22.6. The third-order valence-corrected chi connectivity index (χ3v) is 15.4. The second kappa shape index (κ2) is 27.5. The highest BCUT2D eigenvalue weighted by molar-refractivity contribution is 6.03. The zero-order chi connectivity index (χ0) is 54.2. The van der Waals surface area contributed by atoms with Crippen LogP contribution >= 0.6 is 0 Å². The lowest BCUT2D eigenvalue weighted by Gasteiger charge is -2.60. The molecule has 17 nitrogen and oxygen atoms in total. The summed E-state index contributed by atoms with van der Waals surface area (Å²) in [5, 5.41) is 48.5. The predicted octanol–water partition coefficient (Wildman–Crippen LogP) is 12.8. The summed E-state index contributed by atoms with van der Waals surface area (Å²) in [6.07, 6.45) is 18.2. The van der Waals surface area contributed by atoms with Crippen molar-refractivity contribution in [3.63, 3.8) is 0 Å². The van der Waals surface area contributed by atoms with E-state index < -0.39 is 27.6 Å². The summed E-state index contributed by atoms with van der Waals surface area (Å²) in [7, 11) is 0. The highest BCUT2D eigenvalue weighted by Gasteiger charge is 2.65. The normalized spacial score (nSPS) is 21.3. The molecule has 1 amide bonds. The number of fused-ring (bicyclic) bond motifs is 3. The summed E-state index contributed by atoms with van der Waals surface area (Å²) in [4.78, 5) is 46.1. The van der Waals surface area contributed by atoms with Gasteiger partial charge < -0.3 is 43.6 Å². The van der Waals surface area contributed by atoms with E-state index in [9.17, 15) is 30.4 Å². The van der Waals surface area contributed by atoms with Gasteiger partial charge in [-0.3, -0.25) is 25.0 Å². The van der Waals surface area contributed by atoms with Crippen LogP contribution in [0.3, 0.4) is 0 Å². The number of nitrogens with zero attached hydrogens (tertiary/aromatic N) is 4. The predicted molar refractivity (Wildman–Crippen MR) is 291 cm³/mol. The molecular formula is C60H74N4O13. The zero-order valence-corrected chi connectivity index (χ0v) is 44.3. The van der Waals surface area contributed by atoms with Crippen LogP contribution in [0.25, 0.3) is 0 Å². The van der Waals surface area contributed by atoms with Crippen LogP contribution < -0.4 is 18.9 Å². The summed E-state index contributed by atoms with van der Waals surface area (Å²) >= 11 is 0. The molecule has 6 unspecified atom stereocenters. The smallest absolute Gasteiger partial charge is 0.273 e. The van der Waals surface area contributed by atoms with Gasteiger partial charge in [-0.15, -0.1) is 6.58 Å². The molecule has 0 saturated heterocycles. The van der Waals surface area contributed by atoms with E-state index >= 15 is 4.79 Å². The fraction of sp³-hybridized carbons (Fsp3) is 0.500. The van der Waals surface area contributed by atoms with E-state index in [1.807, 2.05) is 35.2 Å². The van der Waals surface area contributed by atoms with E-state index in [4.69, 9.17) is 33.7 Å². The van der Waals surface area contributed by atoms with Crippen molar-refractivity contribution in [3.05, 3.63) is 146 Å². The maximum absolute atomic E-state index is 15.5. The Bertz CT molecular complexity index is 2710. The van der Waals surface area contributed by atoms with Gasteiger partial charge in [-0.2, -0.15) is 0 Å². The molecular weight excluding hydrogens is 985 g/mol. The van der Waals surface area contributed by atoms with Crippen molar-refractivity contribution in [2.24, 2.45) is 22.9 Å². The first kappa shape index (κ1) is 56.4. The van der Waals surface area contributed by atoms with E-state index in [1.54, 1.807) is 36.4 Å². The Morgan fingerprint density at radius 3 is 2.21 bits per heavy atom. The van der Waals surface area contributed by atoms with Crippen molar-refractivity contribution in [1.29, 1.82) is 0 Å². The number of oxime groups is 1. The van der Waals surface area contributed by atoms with Gasteiger partial charge in [-0.05, 0) is 109 Å². The molecule has 4 aliphatic rings. The van der Waals surface area contributed by atoms with Gasteiger partial charge in [0.25, 0.3) is 11.4 Å². The molecule has 0 spiro atoms. The van der Waals surface area contributed by atoms with E-state index in [0.717, 1.165) is 48.8 Å². The highest BCUT2D eigenvalue weighted by atomic mass is 16.7. The van der Waals surface area contributed by atoms with Gasteiger partial charge in [-0.25, -0.2) is 0 Å². The van der Waals surface area contributed by atoms with Crippen molar-refractivity contribution in [2.45, 2.75) is 147 Å². The van der Waals surface area contributed by atoms with Gasteiger partial charge >= 0.3 is 0 Å². The molecule has 1 fully saturated rings. The number of unbranched alkanes of at least 4 members (excludes halogenated alkanes) is 10. The Balaban J connectivity index is 1.28. The summed E-state index contributed by atoms with van der Waals surface area (Å²) < 4.78 is 32.7. The van der Waals surface area contributed by atoms with Crippen LogP contribution in [0.5, 0.6) is 28.7 Å². The number of benzene rings is 4. The van der Waals surface area contributed by atoms with Crippen LogP contribution in [0.2, 0.25) is 0 Å². The Labute approximate surface area is 451 Å². The van der Waals surface area contributed by atoms with Gasteiger partial charge in [0.1, 0.15) is 29.9 Å². The SMILES string of the molecule is C=CCOC12Oc3ccc(Oc4cccc([N+](=O)[O-])c4)cc3C3C(CCCCO)C(CCCCO)C=C(C(=NOCc4ccc([N+](=O)[O-])cc4)CC1N(Cc1ccc4c(c1)OCO4)C(=O)CCCCCCCCCCC)C32. The average molecular weight is 1060 g/mol. The maximum Gasteiger partial charge on any atom is 0.273 e. The van der Waals surface area contributed by atoms with Crippen molar-refractivity contribution in [3.8, 4) is 28.7 Å². The molecule has 0 bridgehead atoms. The number of hydrogen-bond donors (Lipinski definition) is 2. The number of hydrogen-bond acceptors (Lipinski definition) is 14. The number of rotatable bonds is 31. The minimum atomic E-state index is -1.55. The fourth-order valence-corrected chi connectivity index (χ4v) is 11.7. The summed E-state index contributed by atoms with van der Waals surface area (Å²) in [5.41, 5.74) is 3.56. The number of amides is 1. The van der Waals surface area contributed by atoms with Crippen LogP contribution in [0.1, 0.15) is 139 Å². The van der Waals surface area contributed by atoms with E-state index in [2.05, 4.69) is 19.6 Å². The van der Waals surface area contributed by atoms with Crippen molar-refractivity contribution < 1.29 is 53.4 Å². The Kier molecular flexibility index (Phi) is 20.1. The first-order chi connectivity index (χ1) is 37.6. The molecule has 4 aromatic carbocycles. The second-order valence-electron chi connectivity index (χ2n) is 20.6. The van der Waals surface area contributed by atoms with Crippen LogP contribution in [0, 0.1) is 38.0 Å². The maximum atomic E-state index is 15.5. The molecule has 2 aliphatic carbocycles. The molecule has 4 aromatic rings. The third-order valence-electron chi connectivity index (χ3n) is 15.4. The molecule has 0 aromatic heterocycles. The molecule has 2 heterocycles. The largest absolute Gasteiger partial charge is 0.459 e. The number of ether oxygens (including phenoxy) is 5. The number of aliphatic hydroxyl groups is 2. The molecule has 77 heavy (non-hydrogen) atoms. The van der Waals surface area contributed by atoms with E-state index in [-0.39, 0.29) is 93.4 Å². The number of carbonyl (C=O) groups excluding carboxylic acids is 1. The van der Waals surface area contributed by atoms with Crippen LogP contribution in [-0.2, 0) is 27.5 Å². The lowest BCUT2D eigenvalue weighted by molar-refractivity contribution is -0.385. The first-order valence-electron chi connectivity index (χ1n) is 27.6. The van der Waals surface area contributed by atoms with Gasteiger partial charge in [0.05, 0.1) is 34.1 Å². The van der Waals surface area contributed by atoms with Gasteiger partial charge in [0, 0.05) is 62.3 Å². The minimum Gasteiger partial charge on any atom is -0.459 e. The number of nitro groups is 2. The molecule has 8 rings (SSSR count). The molecule has 6 atom stereocenters. The topological polar surface area (TPSA) is 215 Å².